The van der Waals surface area contributed by atoms with Crippen LogP contribution in [-0.2, 0) is 28.7 Å². The Morgan fingerprint density at radius 1 is 0.914 bits per heavy atom. The van der Waals surface area contributed by atoms with E-state index in [9.17, 15) is 8.42 Å². The average molecular weight is 491 g/mol. The lowest BCUT2D eigenvalue weighted by Gasteiger charge is -2.21. The van der Waals surface area contributed by atoms with Gasteiger partial charge in [-0.1, -0.05) is 67.6 Å². The predicted molar refractivity (Wildman–Crippen MR) is 137 cm³/mol. The number of sulfonamides is 1. The van der Waals surface area contributed by atoms with Gasteiger partial charge in [0.05, 0.1) is 18.1 Å². The number of ether oxygens (including phenoxy) is 1. The molecule has 0 unspecified atom stereocenters. The van der Waals surface area contributed by atoms with Crippen LogP contribution in [0.2, 0.25) is 0 Å². The van der Waals surface area contributed by atoms with Gasteiger partial charge < -0.3 is 9.15 Å². The molecule has 0 aliphatic rings. The van der Waals surface area contributed by atoms with E-state index in [1.54, 1.807) is 0 Å². The molecule has 0 aliphatic heterocycles. The Morgan fingerprint density at radius 2 is 1.60 bits per heavy atom. The second kappa shape index (κ2) is 11.3. The molecule has 0 radical (unpaired) electrons. The number of oxazole rings is 1. The van der Waals surface area contributed by atoms with Crippen LogP contribution < -0.4 is 4.74 Å². The second-order valence-corrected chi connectivity index (χ2v) is 10.3. The van der Waals surface area contributed by atoms with E-state index in [-0.39, 0.29) is 5.75 Å². The first-order valence-corrected chi connectivity index (χ1v) is 13.3. The van der Waals surface area contributed by atoms with E-state index in [0.717, 1.165) is 28.1 Å². The Labute approximate surface area is 207 Å². The molecule has 0 aliphatic carbocycles. The molecule has 1 heterocycles. The summed E-state index contributed by atoms with van der Waals surface area (Å²) in [6.07, 6.45) is 0.610. The van der Waals surface area contributed by atoms with Gasteiger partial charge in [-0.15, -0.1) is 0 Å². The molecular formula is C28H30N2O4S. The molecule has 35 heavy (non-hydrogen) atoms. The number of rotatable bonds is 11. The Hall–Kier alpha value is -3.42. The van der Waals surface area contributed by atoms with Crippen LogP contribution in [0.4, 0.5) is 0 Å². The van der Waals surface area contributed by atoms with Gasteiger partial charge in [-0.05, 0) is 42.3 Å². The average Bonchev–Trinajstić information content (AvgIpc) is 3.24. The highest BCUT2D eigenvalue weighted by Crippen LogP contribution is 2.22. The van der Waals surface area contributed by atoms with Crippen LogP contribution >= 0.6 is 0 Å². The summed E-state index contributed by atoms with van der Waals surface area (Å²) in [4.78, 5) is 4.62. The molecule has 0 spiro atoms. The third-order valence-corrected chi connectivity index (χ3v) is 7.59. The molecule has 4 aromatic rings. The second-order valence-electron chi connectivity index (χ2n) is 8.30. The van der Waals surface area contributed by atoms with Gasteiger partial charge in [0.25, 0.3) is 0 Å². The highest BCUT2D eigenvalue weighted by atomic mass is 32.2. The van der Waals surface area contributed by atoms with Crippen molar-refractivity contribution in [3.8, 4) is 17.2 Å². The fourth-order valence-electron chi connectivity index (χ4n) is 3.85. The van der Waals surface area contributed by atoms with Crippen molar-refractivity contribution < 1.29 is 17.6 Å². The molecular weight excluding hydrogens is 460 g/mol. The molecule has 3 aromatic carbocycles. The van der Waals surface area contributed by atoms with Crippen molar-refractivity contribution in [2.45, 2.75) is 32.6 Å². The van der Waals surface area contributed by atoms with Crippen molar-refractivity contribution in [3.63, 3.8) is 0 Å². The highest BCUT2D eigenvalue weighted by Gasteiger charge is 2.21. The van der Waals surface area contributed by atoms with Gasteiger partial charge in [-0.3, -0.25) is 0 Å². The summed E-state index contributed by atoms with van der Waals surface area (Å²) >= 11 is 0. The van der Waals surface area contributed by atoms with Gasteiger partial charge >= 0.3 is 0 Å². The number of aromatic nitrogens is 1. The number of benzene rings is 3. The van der Waals surface area contributed by atoms with E-state index in [0.29, 0.717) is 37.8 Å². The largest absolute Gasteiger partial charge is 0.493 e. The van der Waals surface area contributed by atoms with Crippen molar-refractivity contribution in [2.75, 3.05) is 13.2 Å². The fraction of sp³-hybridized carbons (Fsp3) is 0.250. The van der Waals surface area contributed by atoms with Crippen LogP contribution in [0.3, 0.4) is 0 Å². The molecule has 4 rings (SSSR count). The molecule has 1 aromatic heterocycles. The zero-order chi connectivity index (χ0) is 24.7. The van der Waals surface area contributed by atoms with Crippen LogP contribution in [0.15, 0.2) is 89.3 Å². The lowest BCUT2D eigenvalue weighted by molar-refractivity contribution is 0.319. The minimum Gasteiger partial charge on any atom is -0.493 e. The molecule has 0 saturated heterocycles. The molecule has 0 saturated carbocycles. The minimum atomic E-state index is -3.44. The van der Waals surface area contributed by atoms with Crippen molar-refractivity contribution in [1.82, 2.24) is 9.29 Å². The Kier molecular flexibility index (Phi) is 8.00. The Balaban J connectivity index is 1.36. The SMILES string of the molecule is CCN(Cc1cccc(OCCc2nc(-c3ccccc3)oc2C)c1)S(=O)(=O)Cc1ccccc1. The molecule has 182 valence electrons. The van der Waals surface area contributed by atoms with Gasteiger partial charge in [-0.25, -0.2) is 13.4 Å². The number of aryl methyl sites for hydroxylation is 1. The normalized spacial score (nSPS) is 11.6. The van der Waals surface area contributed by atoms with Crippen LogP contribution in [0.1, 0.15) is 29.5 Å². The lowest BCUT2D eigenvalue weighted by Crippen LogP contribution is -2.31. The monoisotopic (exact) mass is 490 g/mol. The summed E-state index contributed by atoms with van der Waals surface area (Å²) in [5.41, 5.74) is 3.47. The predicted octanol–water partition coefficient (Wildman–Crippen LogP) is 5.62. The summed E-state index contributed by atoms with van der Waals surface area (Å²) in [6, 6.07) is 26.6. The summed E-state index contributed by atoms with van der Waals surface area (Å²) in [7, 11) is -3.44. The van der Waals surface area contributed by atoms with Gasteiger partial charge in [0.1, 0.15) is 11.5 Å². The maximum absolute atomic E-state index is 13.0. The lowest BCUT2D eigenvalue weighted by atomic mass is 10.2. The van der Waals surface area contributed by atoms with Gasteiger partial charge in [-0.2, -0.15) is 4.31 Å². The zero-order valence-corrected chi connectivity index (χ0v) is 20.9. The van der Waals surface area contributed by atoms with E-state index in [2.05, 4.69) is 4.98 Å². The Bertz CT molecular complexity index is 1340. The third-order valence-electron chi connectivity index (χ3n) is 5.72. The summed E-state index contributed by atoms with van der Waals surface area (Å²) in [5, 5.41) is 0. The van der Waals surface area contributed by atoms with E-state index < -0.39 is 10.0 Å². The topological polar surface area (TPSA) is 72.6 Å². The molecule has 7 heteroatoms. The minimum absolute atomic E-state index is 0.0140. The first-order chi connectivity index (χ1) is 16.9. The van der Waals surface area contributed by atoms with Gasteiger partial charge in [0.2, 0.25) is 15.9 Å². The molecule has 6 nitrogen and oxygen atoms in total. The molecule has 0 amide bonds. The summed E-state index contributed by atoms with van der Waals surface area (Å²) in [6.45, 7) is 4.90. The Morgan fingerprint density at radius 3 is 2.31 bits per heavy atom. The maximum atomic E-state index is 13.0. The quantitative estimate of drug-likeness (QED) is 0.273. The first-order valence-electron chi connectivity index (χ1n) is 11.7. The molecule has 0 fully saturated rings. The van der Waals surface area contributed by atoms with Crippen molar-refractivity contribution >= 4 is 10.0 Å². The van der Waals surface area contributed by atoms with E-state index in [1.807, 2.05) is 98.8 Å². The van der Waals surface area contributed by atoms with Crippen LogP contribution in [0, 0.1) is 6.92 Å². The van der Waals surface area contributed by atoms with E-state index in [4.69, 9.17) is 9.15 Å². The molecule has 0 bridgehead atoms. The number of hydrogen-bond donors (Lipinski definition) is 0. The smallest absolute Gasteiger partial charge is 0.226 e. The third kappa shape index (κ3) is 6.59. The fourth-order valence-corrected chi connectivity index (χ4v) is 5.39. The van der Waals surface area contributed by atoms with Crippen LogP contribution in [-0.4, -0.2) is 30.9 Å². The molecule has 0 atom stereocenters. The zero-order valence-electron chi connectivity index (χ0n) is 20.1. The van der Waals surface area contributed by atoms with Crippen LogP contribution in [0.25, 0.3) is 11.5 Å². The summed E-state index contributed by atoms with van der Waals surface area (Å²) < 4.78 is 39.2. The number of nitrogens with zero attached hydrogens (tertiary/aromatic N) is 2. The summed E-state index contributed by atoms with van der Waals surface area (Å²) in [5.74, 6) is 2.07. The van der Waals surface area contributed by atoms with Crippen molar-refractivity contribution in [3.05, 3.63) is 108 Å². The van der Waals surface area contributed by atoms with Crippen molar-refractivity contribution in [1.29, 1.82) is 0 Å². The first kappa shape index (κ1) is 24.7. The molecule has 0 N–H and O–H groups in total. The number of hydrogen-bond acceptors (Lipinski definition) is 5. The van der Waals surface area contributed by atoms with Crippen molar-refractivity contribution in [2.24, 2.45) is 0 Å². The van der Waals surface area contributed by atoms with Crippen LogP contribution in [0.5, 0.6) is 5.75 Å². The highest BCUT2D eigenvalue weighted by molar-refractivity contribution is 7.88. The standard InChI is InChI=1S/C28H30N2O4S/c1-3-30(35(31,32)21-23-11-6-4-7-12-23)20-24-13-10-16-26(19-24)33-18-17-27-22(2)34-28(29-27)25-14-8-5-9-15-25/h4-16,19H,3,17-18,20-21H2,1-2H3. The van der Waals surface area contributed by atoms with Gasteiger partial charge in [0, 0.05) is 25.1 Å². The van der Waals surface area contributed by atoms with E-state index >= 15 is 0 Å². The maximum Gasteiger partial charge on any atom is 0.226 e. The van der Waals surface area contributed by atoms with Gasteiger partial charge in [0.15, 0.2) is 0 Å². The van der Waals surface area contributed by atoms with E-state index in [1.165, 1.54) is 4.31 Å².